The van der Waals surface area contributed by atoms with Gasteiger partial charge in [0.2, 0.25) is 5.91 Å². The maximum Gasteiger partial charge on any atom is 0.534 e. The standard InChI is InChI=1S/C14H10F3NO4S/c15-14(16,17)23(20,21)22-12-6-4-9(5-7-12)10-2-1-3-11(8-10)13(18)19/h1-8H,(H2,18,19). The van der Waals surface area contributed by atoms with Crippen molar-refractivity contribution in [3.8, 4) is 16.9 Å². The zero-order chi connectivity index (χ0) is 17.3. The molecule has 2 aromatic carbocycles. The second-order valence-corrected chi connectivity index (χ2v) is 5.99. The Kier molecular flexibility index (Phi) is 4.33. The zero-order valence-electron chi connectivity index (χ0n) is 11.4. The van der Waals surface area contributed by atoms with E-state index in [-0.39, 0.29) is 5.56 Å². The molecule has 0 unspecified atom stereocenters. The molecule has 0 bridgehead atoms. The number of hydrogen-bond acceptors (Lipinski definition) is 4. The first kappa shape index (κ1) is 16.8. The predicted molar refractivity (Wildman–Crippen MR) is 76.0 cm³/mol. The van der Waals surface area contributed by atoms with Crippen molar-refractivity contribution in [2.24, 2.45) is 5.73 Å². The van der Waals surface area contributed by atoms with Gasteiger partial charge in [-0.3, -0.25) is 4.79 Å². The molecule has 122 valence electrons. The van der Waals surface area contributed by atoms with Crippen molar-refractivity contribution in [2.75, 3.05) is 0 Å². The normalized spacial score (nSPS) is 12.0. The lowest BCUT2D eigenvalue weighted by atomic mass is 10.0. The van der Waals surface area contributed by atoms with Crippen molar-refractivity contribution >= 4 is 16.0 Å². The maximum absolute atomic E-state index is 12.2. The van der Waals surface area contributed by atoms with Gasteiger partial charge >= 0.3 is 15.6 Å². The van der Waals surface area contributed by atoms with E-state index in [4.69, 9.17) is 5.73 Å². The molecular formula is C14H10F3NO4S. The number of amides is 1. The van der Waals surface area contributed by atoms with Crippen molar-refractivity contribution in [1.29, 1.82) is 0 Å². The number of alkyl halides is 3. The van der Waals surface area contributed by atoms with Crippen molar-refractivity contribution < 1.29 is 30.6 Å². The van der Waals surface area contributed by atoms with Crippen LogP contribution in [0.5, 0.6) is 5.75 Å². The molecule has 0 aromatic heterocycles. The average Bonchev–Trinajstić information content (AvgIpc) is 2.46. The third kappa shape index (κ3) is 3.81. The largest absolute Gasteiger partial charge is 0.534 e. The second-order valence-electron chi connectivity index (χ2n) is 4.45. The van der Waals surface area contributed by atoms with Crippen molar-refractivity contribution in [3.63, 3.8) is 0 Å². The fourth-order valence-electron chi connectivity index (χ4n) is 1.73. The van der Waals surface area contributed by atoms with Gasteiger partial charge in [-0.1, -0.05) is 24.3 Å². The molecule has 0 saturated carbocycles. The van der Waals surface area contributed by atoms with Crippen LogP contribution in [-0.2, 0) is 10.1 Å². The van der Waals surface area contributed by atoms with E-state index in [2.05, 4.69) is 4.18 Å². The smallest absolute Gasteiger partial charge is 0.376 e. The third-order valence-corrected chi connectivity index (χ3v) is 3.80. The Labute approximate surface area is 129 Å². The van der Waals surface area contributed by atoms with Crippen LogP contribution in [0.3, 0.4) is 0 Å². The van der Waals surface area contributed by atoms with Gasteiger partial charge in [0, 0.05) is 5.56 Å². The van der Waals surface area contributed by atoms with Gasteiger partial charge in [-0.15, -0.1) is 0 Å². The molecule has 1 amide bonds. The summed E-state index contributed by atoms with van der Waals surface area (Å²) in [6, 6.07) is 11.2. The van der Waals surface area contributed by atoms with Crippen molar-refractivity contribution in [3.05, 3.63) is 54.1 Å². The number of primary amides is 1. The van der Waals surface area contributed by atoms with Gasteiger partial charge in [0.1, 0.15) is 5.75 Å². The monoisotopic (exact) mass is 345 g/mol. The molecule has 2 N–H and O–H groups in total. The fraction of sp³-hybridized carbons (Fsp3) is 0.0714. The fourth-order valence-corrected chi connectivity index (χ4v) is 2.19. The number of rotatable bonds is 4. The lowest BCUT2D eigenvalue weighted by Crippen LogP contribution is -2.28. The van der Waals surface area contributed by atoms with Gasteiger partial charge in [0.15, 0.2) is 0 Å². The highest BCUT2D eigenvalue weighted by Crippen LogP contribution is 2.28. The van der Waals surface area contributed by atoms with E-state index in [9.17, 15) is 26.4 Å². The molecule has 0 aliphatic heterocycles. The number of carbonyl (C=O) groups excluding carboxylic acids is 1. The van der Waals surface area contributed by atoms with E-state index in [0.717, 1.165) is 12.1 Å². The van der Waals surface area contributed by atoms with Crippen LogP contribution in [0.25, 0.3) is 11.1 Å². The Morgan fingerprint density at radius 3 is 2.13 bits per heavy atom. The summed E-state index contributed by atoms with van der Waals surface area (Å²) < 4.78 is 62.5. The number of halogens is 3. The number of nitrogens with two attached hydrogens (primary N) is 1. The highest BCUT2D eigenvalue weighted by molar-refractivity contribution is 7.88. The van der Waals surface area contributed by atoms with Crippen LogP contribution in [0.15, 0.2) is 48.5 Å². The van der Waals surface area contributed by atoms with Gasteiger partial charge in [0.25, 0.3) is 0 Å². The molecular weight excluding hydrogens is 335 g/mol. The molecule has 0 saturated heterocycles. The molecule has 0 fully saturated rings. The van der Waals surface area contributed by atoms with E-state index in [0.29, 0.717) is 11.1 Å². The third-order valence-electron chi connectivity index (χ3n) is 2.82. The van der Waals surface area contributed by atoms with Crippen LogP contribution >= 0.6 is 0 Å². The van der Waals surface area contributed by atoms with Gasteiger partial charge in [-0.05, 0) is 35.4 Å². The molecule has 2 rings (SSSR count). The van der Waals surface area contributed by atoms with E-state index >= 15 is 0 Å². The van der Waals surface area contributed by atoms with Crippen molar-refractivity contribution in [2.45, 2.75) is 5.51 Å². The van der Waals surface area contributed by atoms with Crippen LogP contribution in [-0.4, -0.2) is 19.8 Å². The molecule has 5 nitrogen and oxygen atoms in total. The lowest BCUT2D eigenvalue weighted by Gasteiger charge is -2.10. The predicted octanol–water partition coefficient (Wildman–Crippen LogP) is 2.68. The highest BCUT2D eigenvalue weighted by atomic mass is 32.2. The van der Waals surface area contributed by atoms with Gasteiger partial charge in [-0.25, -0.2) is 0 Å². The van der Waals surface area contributed by atoms with E-state index < -0.39 is 27.3 Å². The topological polar surface area (TPSA) is 86.5 Å². The average molecular weight is 345 g/mol. The summed E-state index contributed by atoms with van der Waals surface area (Å²) >= 11 is 0. The SMILES string of the molecule is NC(=O)c1cccc(-c2ccc(OS(=O)(=O)C(F)(F)F)cc2)c1. The summed E-state index contributed by atoms with van der Waals surface area (Å²) in [7, 11) is -5.71. The molecule has 0 aliphatic carbocycles. The van der Waals surface area contributed by atoms with E-state index in [1.165, 1.54) is 24.3 Å². The van der Waals surface area contributed by atoms with Crippen LogP contribution in [0.2, 0.25) is 0 Å². The maximum atomic E-state index is 12.2. The van der Waals surface area contributed by atoms with Gasteiger partial charge in [0.05, 0.1) is 0 Å². The number of carbonyl (C=O) groups is 1. The molecule has 0 atom stereocenters. The number of hydrogen-bond donors (Lipinski definition) is 1. The minimum atomic E-state index is -5.71. The van der Waals surface area contributed by atoms with Crippen LogP contribution < -0.4 is 9.92 Å². The summed E-state index contributed by atoms with van der Waals surface area (Å²) in [4.78, 5) is 11.1. The van der Waals surface area contributed by atoms with E-state index in [1.54, 1.807) is 12.1 Å². The Morgan fingerprint density at radius 2 is 1.61 bits per heavy atom. The number of benzene rings is 2. The van der Waals surface area contributed by atoms with Gasteiger partial charge < -0.3 is 9.92 Å². The van der Waals surface area contributed by atoms with Crippen LogP contribution in [0.1, 0.15) is 10.4 Å². The minimum absolute atomic E-state index is 0.266. The first-order chi connectivity index (χ1) is 10.6. The molecule has 0 heterocycles. The van der Waals surface area contributed by atoms with Crippen LogP contribution in [0.4, 0.5) is 13.2 Å². The first-order valence-electron chi connectivity index (χ1n) is 6.11. The Bertz CT molecular complexity index is 830. The zero-order valence-corrected chi connectivity index (χ0v) is 12.2. The molecule has 9 heteroatoms. The summed E-state index contributed by atoms with van der Waals surface area (Å²) in [5, 5.41) is 0. The molecule has 23 heavy (non-hydrogen) atoms. The lowest BCUT2D eigenvalue weighted by molar-refractivity contribution is -0.0500. The summed E-state index contributed by atoms with van der Waals surface area (Å²) in [5.41, 5.74) is 1.07. The summed E-state index contributed by atoms with van der Waals surface area (Å²) in [6.45, 7) is 0. The second kappa shape index (κ2) is 5.92. The van der Waals surface area contributed by atoms with Gasteiger partial charge in [-0.2, -0.15) is 21.6 Å². The Hall–Kier alpha value is -2.55. The highest BCUT2D eigenvalue weighted by Gasteiger charge is 2.48. The Balaban J connectivity index is 2.27. The van der Waals surface area contributed by atoms with Crippen molar-refractivity contribution in [1.82, 2.24) is 0 Å². The molecule has 0 spiro atoms. The molecule has 0 aliphatic rings. The summed E-state index contributed by atoms with van der Waals surface area (Å²) in [6.07, 6.45) is 0. The molecule has 0 radical (unpaired) electrons. The van der Waals surface area contributed by atoms with E-state index in [1.807, 2.05) is 0 Å². The minimum Gasteiger partial charge on any atom is -0.376 e. The summed E-state index contributed by atoms with van der Waals surface area (Å²) in [5.74, 6) is -1.10. The Morgan fingerprint density at radius 1 is 1.00 bits per heavy atom. The van der Waals surface area contributed by atoms with Crippen LogP contribution in [0, 0.1) is 0 Å². The first-order valence-corrected chi connectivity index (χ1v) is 7.52. The quantitative estimate of drug-likeness (QED) is 0.682. The molecule has 2 aromatic rings.